The Kier molecular flexibility index (Phi) is 2.46. The normalized spacial score (nSPS) is 10.2. The van der Waals surface area contributed by atoms with Crippen LogP contribution in [0.2, 0.25) is 0 Å². The Hall–Kier alpha value is -1.76. The fourth-order valence-corrected chi connectivity index (χ4v) is 1.29. The average molecular weight is 268 g/mol. The van der Waals surface area contributed by atoms with E-state index < -0.39 is 5.91 Å². The molecule has 2 aromatic heterocycles. The smallest absolute Gasteiger partial charge is 0.269 e. The molecule has 2 heterocycles. The van der Waals surface area contributed by atoms with Crippen LogP contribution < -0.4 is 5.73 Å². The molecule has 0 fully saturated rings. The molecule has 2 rings (SSSR count). The van der Waals surface area contributed by atoms with Crippen molar-refractivity contribution in [3.05, 3.63) is 34.7 Å². The summed E-state index contributed by atoms with van der Waals surface area (Å²) in [6.07, 6.45) is 3.36. The highest BCUT2D eigenvalue weighted by atomic mass is 79.9. The fraction of sp³-hybridized carbons (Fsp3) is 0. The van der Waals surface area contributed by atoms with Gasteiger partial charge < -0.3 is 5.73 Å². The Balaban J connectivity index is 2.35. The molecule has 0 unspecified atom stereocenters. The number of halogens is 1. The Bertz CT molecular complexity index is 492. The maximum absolute atomic E-state index is 10.7. The van der Waals surface area contributed by atoms with Gasteiger partial charge in [0.15, 0.2) is 11.5 Å². The monoisotopic (exact) mass is 267 g/mol. The first-order valence-electron chi connectivity index (χ1n) is 4.01. The predicted octanol–water partition coefficient (Wildman–Crippen LogP) is 0.524. The largest absolute Gasteiger partial charge is 0.364 e. The first kappa shape index (κ1) is 9.78. The number of amides is 1. The van der Waals surface area contributed by atoms with E-state index in [2.05, 4.69) is 31.2 Å². The highest BCUT2D eigenvalue weighted by molar-refractivity contribution is 9.10. The van der Waals surface area contributed by atoms with E-state index in [0.29, 0.717) is 5.82 Å². The first-order chi connectivity index (χ1) is 7.16. The van der Waals surface area contributed by atoms with Gasteiger partial charge in [0.1, 0.15) is 0 Å². The molecular weight excluding hydrogens is 262 g/mol. The van der Waals surface area contributed by atoms with E-state index in [1.165, 1.54) is 10.7 Å². The summed E-state index contributed by atoms with van der Waals surface area (Å²) in [5, 5.41) is 11.5. The van der Waals surface area contributed by atoms with Crippen LogP contribution in [0, 0.1) is 0 Å². The van der Waals surface area contributed by atoms with Gasteiger partial charge >= 0.3 is 0 Å². The van der Waals surface area contributed by atoms with Crippen molar-refractivity contribution in [3.8, 4) is 5.82 Å². The van der Waals surface area contributed by atoms with Crippen molar-refractivity contribution in [1.82, 2.24) is 20.0 Å². The number of nitrogens with two attached hydrogens (primary N) is 1. The molecule has 0 bridgehead atoms. The number of carbonyl (C=O) groups excluding carboxylic acids is 1. The molecule has 0 aliphatic rings. The zero-order valence-corrected chi connectivity index (χ0v) is 9.05. The van der Waals surface area contributed by atoms with E-state index in [1.54, 1.807) is 18.5 Å². The zero-order valence-electron chi connectivity index (χ0n) is 7.46. The Morgan fingerprint density at radius 1 is 1.40 bits per heavy atom. The first-order valence-corrected chi connectivity index (χ1v) is 4.80. The molecule has 0 saturated heterocycles. The van der Waals surface area contributed by atoms with Crippen molar-refractivity contribution in [2.24, 2.45) is 5.73 Å². The summed E-state index contributed by atoms with van der Waals surface area (Å²) in [6, 6.07) is 3.12. The molecule has 2 N–H and O–H groups in total. The number of aromatic nitrogens is 4. The van der Waals surface area contributed by atoms with Crippen LogP contribution in [0.5, 0.6) is 0 Å². The van der Waals surface area contributed by atoms with Crippen LogP contribution in [0.4, 0.5) is 0 Å². The van der Waals surface area contributed by atoms with Gasteiger partial charge in [-0.05, 0) is 28.1 Å². The minimum atomic E-state index is -0.601. The molecule has 2 aromatic rings. The van der Waals surface area contributed by atoms with Gasteiger partial charge in [-0.2, -0.15) is 5.10 Å². The van der Waals surface area contributed by atoms with Gasteiger partial charge in [0.25, 0.3) is 5.91 Å². The van der Waals surface area contributed by atoms with E-state index in [0.717, 1.165) is 4.47 Å². The molecule has 0 aliphatic carbocycles. The second-order valence-electron chi connectivity index (χ2n) is 2.74. The van der Waals surface area contributed by atoms with E-state index >= 15 is 0 Å². The summed E-state index contributed by atoms with van der Waals surface area (Å²) >= 11 is 3.26. The Morgan fingerprint density at radius 2 is 2.20 bits per heavy atom. The fourth-order valence-electron chi connectivity index (χ4n) is 1.00. The molecule has 76 valence electrons. The van der Waals surface area contributed by atoms with Gasteiger partial charge in [-0.1, -0.05) is 0 Å². The van der Waals surface area contributed by atoms with Crippen molar-refractivity contribution in [2.45, 2.75) is 0 Å². The molecule has 6 nitrogen and oxygen atoms in total. The molecule has 1 amide bonds. The van der Waals surface area contributed by atoms with E-state index in [1.807, 2.05) is 0 Å². The van der Waals surface area contributed by atoms with Crippen molar-refractivity contribution in [2.75, 3.05) is 0 Å². The molecule has 0 atom stereocenters. The second kappa shape index (κ2) is 3.77. The average Bonchev–Trinajstić information content (AvgIpc) is 2.65. The topological polar surface area (TPSA) is 86.7 Å². The summed E-state index contributed by atoms with van der Waals surface area (Å²) in [6.45, 7) is 0. The Labute approximate surface area is 93.2 Å². The van der Waals surface area contributed by atoms with Crippen molar-refractivity contribution < 1.29 is 4.79 Å². The van der Waals surface area contributed by atoms with Crippen LogP contribution in [0.3, 0.4) is 0 Å². The zero-order chi connectivity index (χ0) is 10.8. The standard InChI is InChI=1S/C8H6BrN5O/c9-5-3-11-14(4-5)7-2-1-6(8(10)15)12-13-7/h1-4H,(H2,10,15). The number of hydrogen-bond donors (Lipinski definition) is 1. The number of hydrogen-bond acceptors (Lipinski definition) is 4. The highest BCUT2D eigenvalue weighted by Gasteiger charge is 2.04. The predicted molar refractivity (Wildman–Crippen MR) is 55.4 cm³/mol. The minimum absolute atomic E-state index is 0.130. The van der Waals surface area contributed by atoms with Gasteiger partial charge in [0, 0.05) is 6.20 Å². The van der Waals surface area contributed by atoms with Crippen LogP contribution in [-0.2, 0) is 0 Å². The molecule has 0 aliphatic heterocycles. The summed E-state index contributed by atoms with van der Waals surface area (Å²) in [5.41, 5.74) is 5.16. The molecular formula is C8H6BrN5O. The lowest BCUT2D eigenvalue weighted by Crippen LogP contribution is -2.14. The minimum Gasteiger partial charge on any atom is -0.364 e. The van der Waals surface area contributed by atoms with E-state index in [9.17, 15) is 4.79 Å². The molecule has 0 spiro atoms. The number of carbonyl (C=O) groups is 1. The van der Waals surface area contributed by atoms with Crippen molar-refractivity contribution >= 4 is 21.8 Å². The van der Waals surface area contributed by atoms with E-state index in [4.69, 9.17) is 5.73 Å². The number of nitrogens with zero attached hydrogens (tertiary/aromatic N) is 4. The van der Waals surface area contributed by atoms with Crippen molar-refractivity contribution in [1.29, 1.82) is 0 Å². The summed E-state index contributed by atoms with van der Waals surface area (Å²) in [7, 11) is 0. The SMILES string of the molecule is NC(=O)c1ccc(-n2cc(Br)cn2)nn1. The van der Waals surface area contributed by atoms with Crippen LogP contribution in [0.25, 0.3) is 5.82 Å². The molecule has 0 aromatic carbocycles. The van der Waals surface area contributed by atoms with Gasteiger partial charge in [-0.25, -0.2) is 4.68 Å². The van der Waals surface area contributed by atoms with E-state index in [-0.39, 0.29) is 5.69 Å². The summed E-state index contributed by atoms with van der Waals surface area (Å²) < 4.78 is 2.37. The van der Waals surface area contributed by atoms with Gasteiger partial charge in [0.05, 0.1) is 10.7 Å². The second-order valence-corrected chi connectivity index (χ2v) is 3.66. The quantitative estimate of drug-likeness (QED) is 0.860. The van der Waals surface area contributed by atoms with Gasteiger partial charge in [-0.15, -0.1) is 10.2 Å². The van der Waals surface area contributed by atoms with Crippen LogP contribution in [0.15, 0.2) is 29.0 Å². The van der Waals surface area contributed by atoms with Crippen molar-refractivity contribution in [3.63, 3.8) is 0 Å². The number of rotatable bonds is 2. The number of primary amides is 1. The van der Waals surface area contributed by atoms with Crippen LogP contribution in [0.1, 0.15) is 10.5 Å². The van der Waals surface area contributed by atoms with Crippen LogP contribution >= 0.6 is 15.9 Å². The van der Waals surface area contributed by atoms with Gasteiger partial charge in [0.2, 0.25) is 0 Å². The lowest BCUT2D eigenvalue weighted by Gasteiger charge is -1.98. The summed E-state index contributed by atoms with van der Waals surface area (Å²) in [4.78, 5) is 10.7. The van der Waals surface area contributed by atoms with Crippen LogP contribution in [-0.4, -0.2) is 25.9 Å². The summed E-state index contributed by atoms with van der Waals surface area (Å²) in [5.74, 6) is -0.0820. The lowest BCUT2D eigenvalue weighted by atomic mass is 10.4. The third kappa shape index (κ3) is 2.01. The Morgan fingerprint density at radius 3 is 2.67 bits per heavy atom. The maximum Gasteiger partial charge on any atom is 0.269 e. The highest BCUT2D eigenvalue weighted by Crippen LogP contribution is 2.09. The van der Waals surface area contributed by atoms with Gasteiger partial charge in [-0.3, -0.25) is 4.79 Å². The molecule has 7 heteroatoms. The molecule has 0 radical (unpaired) electrons. The lowest BCUT2D eigenvalue weighted by molar-refractivity contribution is 0.0994. The molecule has 0 saturated carbocycles. The third-order valence-corrected chi connectivity index (χ3v) is 2.10. The molecule has 15 heavy (non-hydrogen) atoms. The maximum atomic E-state index is 10.7. The third-order valence-electron chi connectivity index (χ3n) is 1.69.